The van der Waals surface area contributed by atoms with Gasteiger partial charge in [-0.3, -0.25) is 0 Å². The summed E-state index contributed by atoms with van der Waals surface area (Å²) in [5.74, 6) is 0. The second-order valence-corrected chi connectivity index (χ2v) is 6.99. The second-order valence-electron chi connectivity index (χ2n) is 5.10. The Morgan fingerprint density at radius 2 is 1.17 bits per heavy atom. The first kappa shape index (κ1) is 17.3. The van der Waals surface area contributed by atoms with E-state index in [1.54, 1.807) is 24.3 Å². The summed E-state index contributed by atoms with van der Waals surface area (Å²) in [6, 6.07) is 9.23. The van der Waals surface area contributed by atoms with Crippen molar-refractivity contribution < 1.29 is 18.6 Å². The van der Waals surface area contributed by atoms with Crippen LogP contribution in [0.4, 0.5) is 11.4 Å². The molecule has 0 aromatic heterocycles. The number of aliphatic hydroxyl groups excluding tert-OH is 2. The third-order valence-electron chi connectivity index (χ3n) is 3.64. The molecule has 6 N–H and O–H groups in total. The van der Waals surface area contributed by atoms with Gasteiger partial charge in [-0.25, -0.2) is 8.42 Å². The lowest BCUT2D eigenvalue weighted by Gasteiger charge is -2.16. The SMILES string of the molecule is Nc1cccc(S(=O)(=O)c2cccc(N)c2CCO)c1CCO. The van der Waals surface area contributed by atoms with Gasteiger partial charge in [0, 0.05) is 24.6 Å². The van der Waals surface area contributed by atoms with E-state index in [4.69, 9.17) is 11.5 Å². The van der Waals surface area contributed by atoms with Gasteiger partial charge in [0.05, 0.1) is 9.79 Å². The summed E-state index contributed by atoms with van der Waals surface area (Å²) in [5, 5.41) is 18.4. The van der Waals surface area contributed by atoms with E-state index in [9.17, 15) is 18.6 Å². The smallest absolute Gasteiger partial charge is 0.207 e. The van der Waals surface area contributed by atoms with Crippen LogP contribution in [0.2, 0.25) is 0 Å². The standard InChI is InChI=1S/C16H20N2O4S/c17-13-3-1-5-15(11(13)7-9-19)23(21,22)16-6-2-4-14(18)12(16)8-10-20/h1-6,19-20H,7-10,17-18H2. The Kier molecular flexibility index (Phi) is 5.25. The second kappa shape index (κ2) is 6.99. The molecule has 0 aliphatic carbocycles. The fourth-order valence-corrected chi connectivity index (χ4v) is 4.39. The summed E-state index contributed by atoms with van der Waals surface area (Å²) in [7, 11) is -3.87. The van der Waals surface area contributed by atoms with Gasteiger partial charge in [0.15, 0.2) is 0 Å². The summed E-state index contributed by atoms with van der Waals surface area (Å²) in [4.78, 5) is 0.104. The molecule has 0 saturated heterocycles. The van der Waals surface area contributed by atoms with Gasteiger partial charge < -0.3 is 21.7 Å². The Morgan fingerprint density at radius 1 is 0.783 bits per heavy atom. The van der Waals surface area contributed by atoms with Crippen molar-refractivity contribution in [2.24, 2.45) is 0 Å². The Labute approximate surface area is 135 Å². The summed E-state index contributed by atoms with van der Waals surface area (Å²) in [6.07, 6.45) is 0.276. The molecule has 0 saturated carbocycles. The molecule has 124 valence electrons. The van der Waals surface area contributed by atoms with Crippen molar-refractivity contribution in [3.8, 4) is 0 Å². The largest absolute Gasteiger partial charge is 0.398 e. The van der Waals surface area contributed by atoms with Gasteiger partial charge in [-0.2, -0.15) is 0 Å². The van der Waals surface area contributed by atoms with Crippen molar-refractivity contribution >= 4 is 21.2 Å². The fraction of sp³-hybridized carbons (Fsp3) is 0.250. The third-order valence-corrected chi connectivity index (χ3v) is 5.56. The molecule has 0 unspecified atom stereocenters. The van der Waals surface area contributed by atoms with E-state index in [0.717, 1.165) is 0 Å². The molecule has 0 radical (unpaired) electrons. The van der Waals surface area contributed by atoms with E-state index >= 15 is 0 Å². The normalized spacial score (nSPS) is 11.6. The zero-order chi connectivity index (χ0) is 17.0. The molecule has 0 aliphatic rings. The molecule has 2 rings (SSSR count). The Hall–Kier alpha value is -2.09. The summed E-state index contributed by atoms with van der Waals surface area (Å²) < 4.78 is 26.1. The molecule has 0 bridgehead atoms. The highest BCUT2D eigenvalue weighted by Gasteiger charge is 2.25. The van der Waals surface area contributed by atoms with Crippen LogP contribution < -0.4 is 11.5 Å². The number of anilines is 2. The van der Waals surface area contributed by atoms with Crippen LogP contribution in [0, 0.1) is 0 Å². The molecule has 0 heterocycles. The molecular weight excluding hydrogens is 316 g/mol. The van der Waals surface area contributed by atoms with Crippen molar-refractivity contribution in [1.82, 2.24) is 0 Å². The first-order valence-electron chi connectivity index (χ1n) is 7.15. The molecule has 2 aromatic carbocycles. The van der Waals surface area contributed by atoms with Crippen molar-refractivity contribution in [3.05, 3.63) is 47.5 Å². The fourth-order valence-electron chi connectivity index (χ4n) is 2.55. The minimum atomic E-state index is -3.87. The lowest BCUT2D eigenvalue weighted by Crippen LogP contribution is -2.13. The van der Waals surface area contributed by atoms with Crippen LogP contribution >= 0.6 is 0 Å². The van der Waals surface area contributed by atoms with Crippen molar-refractivity contribution in [2.45, 2.75) is 22.6 Å². The Morgan fingerprint density at radius 3 is 1.52 bits per heavy atom. The predicted molar refractivity (Wildman–Crippen MR) is 88.7 cm³/mol. The van der Waals surface area contributed by atoms with E-state index in [1.165, 1.54) is 12.1 Å². The molecule has 0 fully saturated rings. The molecule has 7 heteroatoms. The summed E-state index contributed by atoms with van der Waals surface area (Å²) >= 11 is 0. The summed E-state index contributed by atoms with van der Waals surface area (Å²) in [6.45, 7) is -0.422. The number of aliphatic hydroxyl groups is 2. The van der Waals surface area contributed by atoms with E-state index in [2.05, 4.69) is 0 Å². The lowest BCUT2D eigenvalue weighted by molar-refractivity contribution is 0.299. The average Bonchev–Trinajstić information content (AvgIpc) is 2.51. The van der Waals surface area contributed by atoms with Gasteiger partial charge in [0.2, 0.25) is 9.84 Å². The van der Waals surface area contributed by atoms with E-state index in [0.29, 0.717) is 22.5 Å². The van der Waals surface area contributed by atoms with Crippen LogP contribution in [-0.2, 0) is 22.7 Å². The number of nitrogens with two attached hydrogens (primary N) is 2. The maximum atomic E-state index is 13.1. The number of rotatable bonds is 6. The molecule has 0 atom stereocenters. The zero-order valence-electron chi connectivity index (χ0n) is 12.6. The van der Waals surface area contributed by atoms with Gasteiger partial charge in [-0.1, -0.05) is 12.1 Å². The minimum absolute atomic E-state index is 0.0522. The van der Waals surface area contributed by atoms with E-state index < -0.39 is 9.84 Å². The lowest BCUT2D eigenvalue weighted by atomic mass is 10.1. The monoisotopic (exact) mass is 336 g/mol. The zero-order valence-corrected chi connectivity index (χ0v) is 13.4. The Bertz CT molecular complexity index is 742. The van der Waals surface area contributed by atoms with Crippen LogP contribution in [0.3, 0.4) is 0 Å². The molecule has 0 amide bonds. The molecular formula is C16H20N2O4S. The first-order valence-corrected chi connectivity index (χ1v) is 8.63. The third kappa shape index (κ3) is 3.31. The van der Waals surface area contributed by atoms with Crippen LogP contribution in [-0.4, -0.2) is 31.8 Å². The maximum Gasteiger partial charge on any atom is 0.207 e. The highest BCUT2D eigenvalue weighted by Crippen LogP contribution is 2.32. The molecule has 2 aromatic rings. The van der Waals surface area contributed by atoms with E-state index in [1.807, 2.05) is 0 Å². The van der Waals surface area contributed by atoms with Crippen molar-refractivity contribution in [2.75, 3.05) is 24.7 Å². The Balaban J connectivity index is 2.70. The van der Waals surface area contributed by atoms with Gasteiger partial charge in [0.25, 0.3) is 0 Å². The maximum absolute atomic E-state index is 13.1. The number of benzene rings is 2. The molecule has 0 spiro atoms. The number of sulfone groups is 1. The minimum Gasteiger partial charge on any atom is -0.398 e. The van der Waals surface area contributed by atoms with Crippen LogP contribution in [0.15, 0.2) is 46.2 Å². The highest BCUT2D eigenvalue weighted by molar-refractivity contribution is 7.91. The van der Waals surface area contributed by atoms with Crippen molar-refractivity contribution in [3.63, 3.8) is 0 Å². The van der Waals surface area contributed by atoms with Crippen molar-refractivity contribution in [1.29, 1.82) is 0 Å². The number of nitrogen functional groups attached to an aromatic ring is 2. The number of hydrogen-bond donors (Lipinski definition) is 4. The van der Waals surface area contributed by atoms with Gasteiger partial charge in [0.1, 0.15) is 0 Å². The average molecular weight is 336 g/mol. The quantitative estimate of drug-likeness (QED) is 0.577. The molecule has 23 heavy (non-hydrogen) atoms. The summed E-state index contributed by atoms with van der Waals surface area (Å²) in [5.41, 5.74) is 13.1. The van der Waals surface area contributed by atoms with Crippen LogP contribution in [0.5, 0.6) is 0 Å². The van der Waals surface area contributed by atoms with Gasteiger partial charge >= 0.3 is 0 Å². The predicted octanol–water partition coefficient (Wildman–Crippen LogP) is 0.753. The topological polar surface area (TPSA) is 127 Å². The molecule has 6 nitrogen and oxygen atoms in total. The van der Waals surface area contributed by atoms with Crippen LogP contribution in [0.1, 0.15) is 11.1 Å². The van der Waals surface area contributed by atoms with Gasteiger partial charge in [-0.05, 0) is 48.2 Å². The number of hydrogen-bond acceptors (Lipinski definition) is 6. The molecule has 0 aliphatic heterocycles. The van der Waals surface area contributed by atoms with Crippen LogP contribution in [0.25, 0.3) is 0 Å². The van der Waals surface area contributed by atoms with E-state index in [-0.39, 0.29) is 35.8 Å². The highest BCUT2D eigenvalue weighted by atomic mass is 32.2. The van der Waals surface area contributed by atoms with Gasteiger partial charge in [-0.15, -0.1) is 0 Å². The first-order chi connectivity index (χ1) is 10.9.